The number of benzene rings is 1. The predicted octanol–water partition coefficient (Wildman–Crippen LogP) is 3.66. The third kappa shape index (κ3) is 5.61. The Labute approximate surface area is 163 Å². The lowest BCUT2D eigenvalue weighted by molar-refractivity contribution is -0.122. The van der Waals surface area contributed by atoms with Gasteiger partial charge in [-0.1, -0.05) is 19.1 Å². The van der Waals surface area contributed by atoms with Crippen molar-refractivity contribution in [3.8, 4) is 11.5 Å². The van der Waals surface area contributed by atoms with Crippen molar-refractivity contribution in [2.24, 2.45) is 11.8 Å². The third-order valence-electron chi connectivity index (χ3n) is 6.04. The fourth-order valence-corrected chi connectivity index (χ4v) is 4.31. The van der Waals surface area contributed by atoms with E-state index in [-0.39, 0.29) is 12.0 Å². The lowest BCUT2D eigenvalue weighted by Crippen LogP contribution is -2.33. The smallest absolute Gasteiger partial charge is 0.220 e. The molecule has 2 aliphatic rings. The molecule has 0 aromatic heterocycles. The van der Waals surface area contributed by atoms with Crippen LogP contribution in [0.1, 0.15) is 57.4 Å². The van der Waals surface area contributed by atoms with Crippen LogP contribution in [0.2, 0.25) is 0 Å². The van der Waals surface area contributed by atoms with Gasteiger partial charge in [0.05, 0.1) is 13.2 Å². The van der Waals surface area contributed by atoms with E-state index in [0.717, 1.165) is 43.0 Å². The SMILES string of the molecule is COc1cccc(CNC(=O)CC(C)C2CCNCC2)c1OC1CCCC1. The van der Waals surface area contributed by atoms with Crippen molar-refractivity contribution in [1.82, 2.24) is 10.6 Å². The van der Waals surface area contributed by atoms with Crippen molar-refractivity contribution in [2.45, 2.75) is 64.5 Å². The fraction of sp³-hybridized carbons (Fsp3) is 0.682. The Bertz CT molecular complexity index is 608. The maximum atomic E-state index is 12.5. The van der Waals surface area contributed by atoms with Gasteiger partial charge in [0.2, 0.25) is 5.91 Å². The standard InChI is InChI=1S/C22H34N2O3/c1-16(17-10-12-23-13-11-17)14-21(25)24-15-18-6-5-9-20(26-2)22(18)27-19-7-3-4-8-19/h5-6,9,16-17,19,23H,3-4,7-8,10-15H2,1-2H3,(H,24,25). The minimum atomic E-state index is 0.121. The van der Waals surface area contributed by atoms with E-state index >= 15 is 0 Å². The molecule has 0 bridgehead atoms. The topological polar surface area (TPSA) is 59.6 Å². The average Bonchev–Trinajstić information content (AvgIpc) is 3.21. The highest BCUT2D eigenvalue weighted by atomic mass is 16.5. The highest BCUT2D eigenvalue weighted by Gasteiger charge is 2.23. The van der Waals surface area contributed by atoms with Gasteiger partial charge in [0, 0.05) is 18.5 Å². The van der Waals surface area contributed by atoms with Crippen molar-refractivity contribution in [1.29, 1.82) is 0 Å². The molecule has 1 amide bonds. The first-order valence-corrected chi connectivity index (χ1v) is 10.5. The number of ether oxygens (including phenoxy) is 2. The molecule has 150 valence electrons. The van der Waals surface area contributed by atoms with Gasteiger partial charge >= 0.3 is 0 Å². The van der Waals surface area contributed by atoms with E-state index < -0.39 is 0 Å². The number of hydrogen-bond acceptors (Lipinski definition) is 4. The van der Waals surface area contributed by atoms with Gasteiger partial charge in [0.1, 0.15) is 0 Å². The molecule has 1 atom stereocenters. The number of carbonyl (C=O) groups excluding carboxylic acids is 1. The summed E-state index contributed by atoms with van der Waals surface area (Å²) in [6, 6.07) is 5.90. The quantitative estimate of drug-likeness (QED) is 0.729. The number of nitrogens with one attached hydrogen (secondary N) is 2. The molecule has 2 fully saturated rings. The summed E-state index contributed by atoms with van der Waals surface area (Å²) in [6.07, 6.45) is 7.83. The van der Waals surface area contributed by atoms with Gasteiger partial charge in [0.15, 0.2) is 11.5 Å². The molecule has 2 N–H and O–H groups in total. The molecule has 1 saturated carbocycles. The normalized spacial score (nSPS) is 19.6. The first kappa shape index (κ1) is 20.0. The summed E-state index contributed by atoms with van der Waals surface area (Å²) in [7, 11) is 1.67. The average molecular weight is 375 g/mol. The number of amides is 1. The van der Waals surface area contributed by atoms with Crippen LogP contribution in [0.15, 0.2) is 18.2 Å². The molecular weight excluding hydrogens is 340 g/mol. The second kappa shape index (κ2) is 9.98. The molecule has 5 heteroatoms. The van der Waals surface area contributed by atoms with Crippen LogP contribution >= 0.6 is 0 Å². The minimum Gasteiger partial charge on any atom is -0.493 e. The Kier molecular flexibility index (Phi) is 7.39. The Balaban J connectivity index is 1.56. The van der Waals surface area contributed by atoms with Gasteiger partial charge in [0.25, 0.3) is 0 Å². The maximum Gasteiger partial charge on any atom is 0.220 e. The molecule has 0 radical (unpaired) electrons. The van der Waals surface area contributed by atoms with Crippen molar-refractivity contribution in [3.05, 3.63) is 23.8 Å². The summed E-state index contributed by atoms with van der Waals surface area (Å²) >= 11 is 0. The van der Waals surface area contributed by atoms with Gasteiger partial charge in [-0.3, -0.25) is 4.79 Å². The first-order chi connectivity index (χ1) is 13.2. The highest BCUT2D eigenvalue weighted by Crippen LogP contribution is 2.35. The van der Waals surface area contributed by atoms with Crippen LogP contribution in [0.25, 0.3) is 0 Å². The van der Waals surface area contributed by atoms with Gasteiger partial charge in [-0.25, -0.2) is 0 Å². The molecule has 1 saturated heterocycles. The van der Waals surface area contributed by atoms with Crippen LogP contribution in [0, 0.1) is 11.8 Å². The predicted molar refractivity (Wildman–Crippen MR) is 107 cm³/mol. The molecule has 1 unspecified atom stereocenters. The molecule has 3 rings (SSSR count). The number of methoxy groups -OCH3 is 1. The second-order valence-electron chi connectivity index (χ2n) is 8.02. The van der Waals surface area contributed by atoms with Crippen LogP contribution < -0.4 is 20.1 Å². The summed E-state index contributed by atoms with van der Waals surface area (Å²) in [5, 5.41) is 6.49. The van der Waals surface area contributed by atoms with Crippen molar-refractivity contribution < 1.29 is 14.3 Å². The van der Waals surface area contributed by atoms with Gasteiger partial charge < -0.3 is 20.1 Å². The van der Waals surface area contributed by atoms with Crippen molar-refractivity contribution in [3.63, 3.8) is 0 Å². The maximum absolute atomic E-state index is 12.5. The van der Waals surface area contributed by atoms with Crippen molar-refractivity contribution in [2.75, 3.05) is 20.2 Å². The van der Waals surface area contributed by atoms with Crippen LogP contribution in [-0.2, 0) is 11.3 Å². The molecule has 1 aromatic carbocycles. The van der Waals surface area contributed by atoms with E-state index in [4.69, 9.17) is 9.47 Å². The van der Waals surface area contributed by atoms with Crippen molar-refractivity contribution >= 4 is 5.91 Å². The molecule has 5 nitrogen and oxygen atoms in total. The monoisotopic (exact) mass is 374 g/mol. The summed E-state index contributed by atoms with van der Waals surface area (Å²) in [5.41, 5.74) is 0.990. The Morgan fingerprint density at radius 3 is 2.67 bits per heavy atom. The number of para-hydroxylation sites is 1. The van der Waals surface area contributed by atoms with Gasteiger partial charge in [-0.05, 0) is 69.5 Å². The summed E-state index contributed by atoms with van der Waals surface area (Å²) < 4.78 is 11.8. The largest absolute Gasteiger partial charge is 0.493 e. The summed E-state index contributed by atoms with van der Waals surface area (Å²) in [6.45, 7) is 4.83. The van der Waals surface area contributed by atoms with Gasteiger partial charge in [-0.2, -0.15) is 0 Å². The zero-order valence-corrected chi connectivity index (χ0v) is 16.8. The van der Waals surface area contributed by atoms with E-state index in [1.807, 2.05) is 18.2 Å². The zero-order valence-electron chi connectivity index (χ0n) is 16.8. The lowest BCUT2D eigenvalue weighted by Gasteiger charge is -2.28. The van der Waals surface area contributed by atoms with Crippen LogP contribution in [0.5, 0.6) is 11.5 Å². The zero-order chi connectivity index (χ0) is 19.1. The Morgan fingerprint density at radius 2 is 1.96 bits per heavy atom. The third-order valence-corrected chi connectivity index (χ3v) is 6.04. The summed E-state index contributed by atoms with van der Waals surface area (Å²) in [5.74, 6) is 2.73. The molecule has 1 heterocycles. The van der Waals surface area contributed by atoms with Crippen LogP contribution in [0.3, 0.4) is 0 Å². The number of carbonyl (C=O) groups is 1. The first-order valence-electron chi connectivity index (χ1n) is 10.5. The molecule has 0 spiro atoms. The lowest BCUT2D eigenvalue weighted by atomic mass is 9.84. The van der Waals surface area contributed by atoms with Crippen LogP contribution in [0.4, 0.5) is 0 Å². The Hall–Kier alpha value is -1.75. The van der Waals surface area contributed by atoms with E-state index in [9.17, 15) is 4.79 Å². The van der Waals surface area contributed by atoms with Crippen LogP contribution in [-0.4, -0.2) is 32.2 Å². The molecule has 27 heavy (non-hydrogen) atoms. The molecule has 1 aromatic rings. The van der Waals surface area contributed by atoms with E-state index in [0.29, 0.717) is 24.8 Å². The number of piperidine rings is 1. The molecule has 1 aliphatic heterocycles. The van der Waals surface area contributed by atoms with E-state index in [1.165, 1.54) is 25.7 Å². The second-order valence-corrected chi connectivity index (χ2v) is 8.02. The minimum absolute atomic E-state index is 0.121. The fourth-order valence-electron chi connectivity index (χ4n) is 4.31. The number of rotatable bonds is 8. The van der Waals surface area contributed by atoms with E-state index in [1.54, 1.807) is 7.11 Å². The highest BCUT2D eigenvalue weighted by molar-refractivity contribution is 5.76. The molecular formula is C22H34N2O3. The molecule has 1 aliphatic carbocycles. The number of hydrogen-bond donors (Lipinski definition) is 2. The summed E-state index contributed by atoms with van der Waals surface area (Å²) in [4.78, 5) is 12.5. The Morgan fingerprint density at radius 1 is 1.22 bits per heavy atom. The van der Waals surface area contributed by atoms with E-state index in [2.05, 4.69) is 17.6 Å². The van der Waals surface area contributed by atoms with Gasteiger partial charge in [-0.15, -0.1) is 0 Å².